The number of esters is 1. The van der Waals surface area contributed by atoms with Gasteiger partial charge in [-0.15, -0.1) is 0 Å². The molecule has 0 aromatic carbocycles. The van der Waals surface area contributed by atoms with Gasteiger partial charge in [0.15, 0.2) is 0 Å². The first-order valence-electron chi connectivity index (χ1n) is 24.7. The van der Waals surface area contributed by atoms with Crippen molar-refractivity contribution in [2.45, 2.75) is 264 Å². The van der Waals surface area contributed by atoms with Crippen LogP contribution in [0.25, 0.3) is 0 Å². The third-order valence-electron chi connectivity index (χ3n) is 11.1. The predicted octanol–water partition coefficient (Wildman–Crippen LogP) is 14.5. The molecule has 0 saturated heterocycles. The summed E-state index contributed by atoms with van der Waals surface area (Å²) in [6, 6.07) is -0.580. The number of unbranched alkanes of at least 4 members (excludes halogenated alkanes) is 28. The largest absolute Gasteiger partial charge is 0.466 e. The smallest absolute Gasteiger partial charge is 0.305 e. The van der Waals surface area contributed by atoms with Gasteiger partial charge in [-0.3, -0.25) is 9.59 Å². The lowest BCUT2D eigenvalue weighted by Gasteiger charge is -2.22. The molecule has 6 heteroatoms. The Morgan fingerprint density at radius 1 is 0.491 bits per heavy atom. The maximum Gasteiger partial charge on any atom is 0.305 e. The quantitative estimate of drug-likeness (QED) is 0.0324. The number of aliphatic hydroxyl groups is 2. The SMILES string of the molecule is CCC/C=C\C/C=C\CCCCCCCC(=O)OCCCCCC/C=C\CCCC(=O)NC(CO)C(O)CCCCCCCCCCCCCCCCCCCC. The van der Waals surface area contributed by atoms with Crippen LogP contribution in [0.15, 0.2) is 36.5 Å². The summed E-state index contributed by atoms with van der Waals surface area (Å²) in [5, 5.41) is 23.2. The van der Waals surface area contributed by atoms with Crippen molar-refractivity contribution >= 4 is 11.9 Å². The van der Waals surface area contributed by atoms with Gasteiger partial charge in [0.1, 0.15) is 0 Å². The molecule has 57 heavy (non-hydrogen) atoms. The van der Waals surface area contributed by atoms with Gasteiger partial charge in [-0.25, -0.2) is 0 Å². The molecule has 0 radical (unpaired) electrons. The number of hydrogen-bond acceptors (Lipinski definition) is 5. The first-order valence-corrected chi connectivity index (χ1v) is 24.7. The molecule has 2 atom stereocenters. The van der Waals surface area contributed by atoms with Crippen LogP contribution in [0.3, 0.4) is 0 Å². The van der Waals surface area contributed by atoms with Gasteiger partial charge in [-0.2, -0.15) is 0 Å². The first-order chi connectivity index (χ1) is 28.0. The highest BCUT2D eigenvalue weighted by Gasteiger charge is 2.20. The number of amides is 1. The molecule has 0 bridgehead atoms. The van der Waals surface area contributed by atoms with Gasteiger partial charge in [-0.05, 0) is 70.6 Å². The zero-order valence-electron chi connectivity index (χ0n) is 37.8. The van der Waals surface area contributed by atoms with Crippen LogP contribution in [0.4, 0.5) is 0 Å². The highest BCUT2D eigenvalue weighted by atomic mass is 16.5. The van der Waals surface area contributed by atoms with Crippen LogP contribution in [0.2, 0.25) is 0 Å². The number of hydrogen-bond donors (Lipinski definition) is 3. The Morgan fingerprint density at radius 3 is 1.46 bits per heavy atom. The molecule has 0 fully saturated rings. The maximum atomic E-state index is 12.4. The zero-order valence-corrected chi connectivity index (χ0v) is 37.8. The van der Waals surface area contributed by atoms with E-state index in [0.717, 1.165) is 83.5 Å². The maximum absolute atomic E-state index is 12.4. The fraction of sp³-hybridized carbons (Fsp3) is 0.843. The molecule has 0 aromatic heterocycles. The van der Waals surface area contributed by atoms with E-state index in [1.807, 2.05) is 0 Å². The number of allylic oxidation sites excluding steroid dienone is 6. The number of ether oxygens (including phenoxy) is 1. The highest BCUT2D eigenvalue weighted by Crippen LogP contribution is 2.16. The van der Waals surface area contributed by atoms with Crippen LogP contribution in [0, 0.1) is 0 Å². The second-order valence-corrected chi connectivity index (χ2v) is 16.8. The average molecular weight is 802 g/mol. The number of carbonyl (C=O) groups is 2. The van der Waals surface area contributed by atoms with E-state index in [1.165, 1.54) is 135 Å². The van der Waals surface area contributed by atoms with Gasteiger partial charge in [0.25, 0.3) is 0 Å². The summed E-state index contributed by atoms with van der Waals surface area (Å²) in [6.45, 7) is 4.79. The molecule has 0 rings (SSSR count). The molecular weight excluding hydrogens is 707 g/mol. The van der Waals surface area contributed by atoms with Gasteiger partial charge >= 0.3 is 5.97 Å². The Morgan fingerprint density at radius 2 is 0.930 bits per heavy atom. The van der Waals surface area contributed by atoms with Crippen LogP contribution in [0.5, 0.6) is 0 Å². The van der Waals surface area contributed by atoms with Crippen LogP contribution in [0.1, 0.15) is 251 Å². The summed E-state index contributed by atoms with van der Waals surface area (Å²) in [6.07, 6.45) is 55.4. The fourth-order valence-corrected chi connectivity index (χ4v) is 7.33. The van der Waals surface area contributed by atoms with Crippen LogP contribution in [-0.2, 0) is 14.3 Å². The van der Waals surface area contributed by atoms with E-state index in [1.54, 1.807) is 0 Å². The molecule has 6 nitrogen and oxygen atoms in total. The van der Waals surface area contributed by atoms with Crippen molar-refractivity contribution in [2.24, 2.45) is 0 Å². The standard InChI is InChI=1S/C51H95NO5/c1-3-5-7-9-11-13-15-17-18-19-20-21-23-24-27-31-35-39-43-49(54)48(47-53)52-50(55)44-40-36-32-28-26-30-34-38-42-46-57-51(56)45-41-37-33-29-25-22-16-14-12-10-8-6-4-2/h8,10,14,16,28,32,48-49,53-54H,3-7,9,11-13,15,17-27,29-31,33-47H2,1-2H3,(H,52,55)/b10-8-,16-14-,32-28-. The minimum Gasteiger partial charge on any atom is -0.466 e. The lowest BCUT2D eigenvalue weighted by molar-refractivity contribution is -0.143. The lowest BCUT2D eigenvalue weighted by atomic mass is 10.0. The summed E-state index contributed by atoms with van der Waals surface area (Å²) in [5.74, 6) is -0.148. The van der Waals surface area contributed by atoms with E-state index in [2.05, 4.69) is 55.6 Å². The van der Waals surface area contributed by atoms with E-state index in [-0.39, 0.29) is 18.5 Å². The normalized spacial score (nSPS) is 13.0. The lowest BCUT2D eigenvalue weighted by Crippen LogP contribution is -2.45. The number of aliphatic hydroxyl groups excluding tert-OH is 2. The Bertz CT molecular complexity index is 931. The molecule has 0 heterocycles. The van der Waals surface area contributed by atoms with Crippen molar-refractivity contribution in [1.82, 2.24) is 5.32 Å². The third kappa shape index (κ3) is 43.5. The molecule has 0 aliphatic heterocycles. The molecule has 1 amide bonds. The summed E-state index contributed by atoms with van der Waals surface area (Å²) < 4.78 is 5.42. The summed E-state index contributed by atoms with van der Waals surface area (Å²) in [5.41, 5.74) is 0. The van der Waals surface area contributed by atoms with Gasteiger partial charge < -0.3 is 20.3 Å². The Balaban J connectivity index is 3.56. The van der Waals surface area contributed by atoms with E-state index in [9.17, 15) is 19.8 Å². The van der Waals surface area contributed by atoms with Crippen molar-refractivity contribution in [3.05, 3.63) is 36.5 Å². The average Bonchev–Trinajstić information content (AvgIpc) is 3.21. The molecule has 0 aromatic rings. The van der Waals surface area contributed by atoms with E-state index in [4.69, 9.17) is 4.74 Å². The Kier molecular flexibility index (Phi) is 45.2. The molecule has 2 unspecified atom stereocenters. The zero-order chi connectivity index (χ0) is 41.5. The number of rotatable bonds is 45. The third-order valence-corrected chi connectivity index (χ3v) is 11.1. The number of nitrogens with one attached hydrogen (secondary N) is 1. The van der Waals surface area contributed by atoms with Crippen molar-refractivity contribution in [3.63, 3.8) is 0 Å². The highest BCUT2D eigenvalue weighted by molar-refractivity contribution is 5.76. The van der Waals surface area contributed by atoms with E-state index >= 15 is 0 Å². The second kappa shape index (κ2) is 46.8. The molecule has 3 N–H and O–H groups in total. The Hall–Kier alpha value is -1.92. The molecular formula is C51H95NO5. The van der Waals surface area contributed by atoms with Gasteiger partial charge in [0.05, 0.1) is 25.4 Å². The minimum absolute atomic E-state index is 0.0513. The molecule has 0 aliphatic rings. The fourth-order valence-electron chi connectivity index (χ4n) is 7.33. The van der Waals surface area contributed by atoms with Crippen LogP contribution >= 0.6 is 0 Å². The van der Waals surface area contributed by atoms with Crippen molar-refractivity contribution in [2.75, 3.05) is 13.2 Å². The van der Waals surface area contributed by atoms with E-state index < -0.39 is 12.1 Å². The van der Waals surface area contributed by atoms with Crippen molar-refractivity contribution in [3.8, 4) is 0 Å². The molecule has 0 saturated carbocycles. The topological polar surface area (TPSA) is 95.9 Å². The minimum atomic E-state index is -0.696. The molecule has 334 valence electrons. The molecule has 0 spiro atoms. The predicted molar refractivity (Wildman–Crippen MR) is 246 cm³/mol. The Labute approximate surface area is 353 Å². The van der Waals surface area contributed by atoms with Crippen LogP contribution < -0.4 is 5.32 Å². The summed E-state index contributed by atoms with van der Waals surface area (Å²) in [7, 11) is 0. The van der Waals surface area contributed by atoms with E-state index in [0.29, 0.717) is 25.9 Å². The first kappa shape index (κ1) is 55.1. The van der Waals surface area contributed by atoms with Crippen LogP contribution in [-0.4, -0.2) is 47.4 Å². The van der Waals surface area contributed by atoms with Crippen molar-refractivity contribution < 1.29 is 24.5 Å². The van der Waals surface area contributed by atoms with Gasteiger partial charge in [0.2, 0.25) is 5.91 Å². The van der Waals surface area contributed by atoms with Crippen molar-refractivity contribution in [1.29, 1.82) is 0 Å². The van der Waals surface area contributed by atoms with Gasteiger partial charge in [-0.1, -0.05) is 204 Å². The molecule has 0 aliphatic carbocycles. The van der Waals surface area contributed by atoms with Gasteiger partial charge in [0, 0.05) is 12.8 Å². The summed E-state index contributed by atoms with van der Waals surface area (Å²) in [4.78, 5) is 24.4. The number of carbonyl (C=O) groups excluding carboxylic acids is 2. The summed E-state index contributed by atoms with van der Waals surface area (Å²) >= 11 is 0. The monoisotopic (exact) mass is 802 g/mol. The second-order valence-electron chi connectivity index (χ2n) is 16.8.